The van der Waals surface area contributed by atoms with Gasteiger partial charge in [0, 0.05) is 25.7 Å². The average Bonchev–Trinajstić information content (AvgIpc) is 3.64. The standard InChI is InChI=1S/C65H126O17P2/c1-6-9-12-15-17-19-21-23-25-27-31-35-40-45-50-64(69)82-61(55-76-63(68)49-44-39-34-30-26-24-22-20-18-16-13-10-7-2)57-80-84(73,74)78-53-59(66)52-77-83(71,72)79-56-60(54-75-62(67)48-43-37-14-11-8-3)81-65(70)51-46-41-36-32-28-29-33-38-42-47-58(4)5/h58-61,66H,6-57H2,1-5H3,(H,71,72)(H,73,74)/t59-,60+,61+/m0/s1. The summed E-state index contributed by atoms with van der Waals surface area (Å²) in [5.41, 5.74) is 0. The van der Waals surface area contributed by atoms with E-state index in [1.165, 1.54) is 148 Å². The summed E-state index contributed by atoms with van der Waals surface area (Å²) in [6.07, 6.45) is 43.3. The van der Waals surface area contributed by atoms with Crippen LogP contribution in [0.2, 0.25) is 0 Å². The Kier molecular flexibility index (Phi) is 57.4. The Bertz CT molecular complexity index is 1640. The van der Waals surface area contributed by atoms with E-state index in [-0.39, 0.29) is 25.7 Å². The normalized spacial score (nSPS) is 14.2. The van der Waals surface area contributed by atoms with Gasteiger partial charge < -0.3 is 33.8 Å². The van der Waals surface area contributed by atoms with Crippen molar-refractivity contribution in [2.45, 2.75) is 348 Å². The molecule has 498 valence electrons. The van der Waals surface area contributed by atoms with Crippen molar-refractivity contribution in [3.05, 3.63) is 0 Å². The average molecular weight is 1240 g/mol. The molecule has 0 aliphatic carbocycles. The molecule has 0 aromatic heterocycles. The highest BCUT2D eigenvalue weighted by Gasteiger charge is 2.30. The monoisotopic (exact) mass is 1240 g/mol. The van der Waals surface area contributed by atoms with Gasteiger partial charge in [0.25, 0.3) is 0 Å². The summed E-state index contributed by atoms with van der Waals surface area (Å²) in [7, 11) is -9.88. The number of ether oxygens (including phenoxy) is 4. The number of carbonyl (C=O) groups is 4. The van der Waals surface area contributed by atoms with E-state index in [2.05, 4.69) is 34.6 Å². The van der Waals surface area contributed by atoms with Crippen molar-refractivity contribution in [1.29, 1.82) is 0 Å². The topological polar surface area (TPSA) is 237 Å². The number of aliphatic hydroxyl groups is 1. The number of phosphoric ester groups is 2. The van der Waals surface area contributed by atoms with Crippen molar-refractivity contribution in [1.82, 2.24) is 0 Å². The molecular formula is C65H126O17P2. The summed E-state index contributed by atoms with van der Waals surface area (Å²) < 4.78 is 67.9. The molecule has 17 nitrogen and oxygen atoms in total. The molecule has 0 rings (SSSR count). The zero-order chi connectivity index (χ0) is 62.0. The molecule has 0 aliphatic rings. The predicted octanol–water partition coefficient (Wildman–Crippen LogP) is 18.2. The number of phosphoric acid groups is 2. The number of hydrogen-bond acceptors (Lipinski definition) is 15. The molecule has 0 aromatic carbocycles. The van der Waals surface area contributed by atoms with Crippen LogP contribution in [0.25, 0.3) is 0 Å². The van der Waals surface area contributed by atoms with Gasteiger partial charge in [0.2, 0.25) is 0 Å². The molecule has 5 atom stereocenters. The molecule has 0 saturated carbocycles. The molecule has 0 radical (unpaired) electrons. The van der Waals surface area contributed by atoms with E-state index in [0.717, 1.165) is 102 Å². The number of hydrogen-bond donors (Lipinski definition) is 3. The lowest BCUT2D eigenvalue weighted by atomic mass is 10.0. The minimum atomic E-state index is -4.94. The van der Waals surface area contributed by atoms with E-state index in [1.54, 1.807) is 0 Å². The molecule has 0 amide bonds. The first-order valence-corrected chi connectivity index (χ1v) is 37.1. The number of unbranched alkanes of at least 4 members (excludes halogenated alkanes) is 37. The number of aliphatic hydroxyl groups excluding tert-OH is 1. The minimum absolute atomic E-state index is 0.105. The second-order valence-corrected chi connectivity index (χ2v) is 26.9. The van der Waals surface area contributed by atoms with Crippen molar-refractivity contribution in [3.63, 3.8) is 0 Å². The Hall–Kier alpha value is -1.94. The Labute approximate surface area is 511 Å². The Morgan fingerprint density at radius 3 is 0.810 bits per heavy atom. The minimum Gasteiger partial charge on any atom is -0.462 e. The molecule has 0 aromatic rings. The van der Waals surface area contributed by atoms with E-state index in [1.807, 2.05) is 0 Å². The van der Waals surface area contributed by atoms with Gasteiger partial charge in [-0.2, -0.15) is 0 Å². The lowest BCUT2D eigenvalue weighted by molar-refractivity contribution is -0.161. The zero-order valence-electron chi connectivity index (χ0n) is 54.0. The van der Waals surface area contributed by atoms with Crippen LogP contribution in [0, 0.1) is 5.92 Å². The smallest absolute Gasteiger partial charge is 0.462 e. The van der Waals surface area contributed by atoms with E-state index in [4.69, 9.17) is 37.0 Å². The van der Waals surface area contributed by atoms with Gasteiger partial charge in [0.15, 0.2) is 12.2 Å². The zero-order valence-corrected chi connectivity index (χ0v) is 55.8. The fourth-order valence-corrected chi connectivity index (χ4v) is 11.3. The van der Waals surface area contributed by atoms with Crippen LogP contribution < -0.4 is 0 Å². The molecule has 3 N–H and O–H groups in total. The summed E-state index contributed by atoms with van der Waals surface area (Å²) in [5.74, 6) is -1.40. The first kappa shape index (κ1) is 82.1. The lowest BCUT2D eigenvalue weighted by Crippen LogP contribution is -2.30. The molecule has 19 heteroatoms. The van der Waals surface area contributed by atoms with Crippen LogP contribution in [-0.4, -0.2) is 96.7 Å². The van der Waals surface area contributed by atoms with Gasteiger partial charge >= 0.3 is 39.5 Å². The summed E-state index contributed by atoms with van der Waals surface area (Å²) >= 11 is 0. The van der Waals surface area contributed by atoms with Crippen LogP contribution in [0.1, 0.15) is 330 Å². The summed E-state index contributed by atoms with van der Waals surface area (Å²) in [6.45, 7) is 7.10. The van der Waals surface area contributed by atoms with Gasteiger partial charge in [-0.05, 0) is 31.6 Å². The molecule has 0 saturated heterocycles. The first-order valence-electron chi connectivity index (χ1n) is 34.1. The van der Waals surface area contributed by atoms with Gasteiger partial charge in [-0.3, -0.25) is 37.3 Å². The summed E-state index contributed by atoms with van der Waals surface area (Å²) in [5, 5.41) is 10.5. The third kappa shape index (κ3) is 59.0. The maximum Gasteiger partial charge on any atom is 0.472 e. The number of esters is 4. The summed E-state index contributed by atoms with van der Waals surface area (Å²) in [4.78, 5) is 72.1. The fourth-order valence-electron chi connectivity index (χ4n) is 9.76. The maximum absolute atomic E-state index is 13.0. The van der Waals surface area contributed by atoms with Crippen LogP contribution in [-0.2, 0) is 65.4 Å². The van der Waals surface area contributed by atoms with E-state index in [0.29, 0.717) is 25.7 Å². The molecule has 0 spiro atoms. The molecule has 0 fully saturated rings. The van der Waals surface area contributed by atoms with E-state index in [9.17, 15) is 43.2 Å². The highest BCUT2D eigenvalue weighted by molar-refractivity contribution is 7.47. The molecule has 84 heavy (non-hydrogen) atoms. The molecule has 0 heterocycles. The molecular weight excluding hydrogens is 1110 g/mol. The quantitative estimate of drug-likeness (QED) is 0.0222. The second-order valence-electron chi connectivity index (χ2n) is 24.0. The molecule has 2 unspecified atom stereocenters. The van der Waals surface area contributed by atoms with Crippen LogP contribution in [0.15, 0.2) is 0 Å². The van der Waals surface area contributed by atoms with Crippen molar-refractivity contribution < 1.29 is 80.2 Å². The van der Waals surface area contributed by atoms with Crippen LogP contribution in [0.3, 0.4) is 0 Å². The van der Waals surface area contributed by atoms with Gasteiger partial charge in [0.1, 0.15) is 19.3 Å². The number of rotatable bonds is 65. The summed E-state index contributed by atoms with van der Waals surface area (Å²) in [6, 6.07) is 0. The fraction of sp³-hybridized carbons (Fsp3) is 0.938. The highest BCUT2D eigenvalue weighted by atomic mass is 31.2. The van der Waals surface area contributed by atoms with Gasteiger partial charge in [-0.1, -0.05) is 279 Å². The van der Waals surface area contributed by atoms with Crippen molar-refractivity contribution in [2.24, 2.45) is 5.92 Å². The maximum atomic E-state index is 13.0. The first-order chi connectivity index (χ1) is 40.5. The predicted molar refractivity (Wildman–Crippen MR) is 335 cm³/mol. The van der Waals surface area contributed by atoms with Crippen molar-refractivity contribution in [2.75, 3.05) is 39.6 Å². The second kappa shape index (κ2) is 58.7. The molecule has 0 aliphatic heterocycles. The van der Waals surface area contributed by atoms with Crippen LogP contribution >= 0.6 is 15.6 Å². The molecule has 0 bridgehead atoms. The van der Waals surface area contributed by atoms with Crippen LogP contribution in [0.4, 0.5) is 0 Å². The third-order valence-corrected chi connectivity index (χ3v) is 16.9. The largest absolute Gasteiger partial charge is 0.472 e. The van der Waals surface area contributed by atoms with E-state index >= 15 is 0 Å². The third-order valence-electron chi connectivity index (χ3n) is 15.0. The SMILES string of the molecule is CCCCCCCCCCCCCCCCC(=O)O[C@H](COC(=O)CCCCCCCCCCCCCCC)COP(=O)(O)OC[C@@H](O)COP(=O)(O)OC[C@@H](COC(=O)CCCCCCC)OC(=O)CCCCCCCCCCCC(C)C. The Balaban J connectivity index is 5.17. The van der Waals surface area contributed by atoms with Gasteiger partial charge in [0.05, 0.1) is 26.4 Å². The van der Waals surface area contributed by atoms with Crippen molar-refractivity contribution >= 4 is 39.5 Å². The Morgan fingerprint density at radius 1 is 0.321 bits per heavy atom. The highest BCUT2D eigenvalue weighted by Crippen LogP contribution is 2.45. The van der Waals surface area contributed by atoms with Gasteiger partial charge in [-0.15, -0.1) is 0 Å². The van der Waals surface area contributed by atoms with E-state index < -0.39 is 97.5 Å². The lowest BCUT2D eigenvalue weighted by Gasteiger charge is -2.21. The number of carbonyl (C=O) groups excluding carboxylic acids is 4. The Morgan fingerprint density at radius 2 is 0.548 bits per heavy atom. The van der Waals surface area contributed by atoms with Crippen LogP contribution in [0.5, 0.6) is 0 Å². The van der Waals surface area contributed by atoms with Crippen molar-refractivity contribution in [3.8, 4) is 0 Å². The van der Waals surface area contributed by atoms with Gasteiger partial charge in [-0.25, -0.2) is 9.13 Å².